The molecule has 1 fully saturated rings. The maximum atomic E-state index is 12.9. The van der Waals surface area contributed by atoms with Crippen LogP contribution in [0.1, 0.15) is 23.7 Å². The first-order chi connectivity index (χ1) is 12.2. The number of nitrogens with zero attached hydrogens (tertiary/aromatic N) is 1. The predicted octanol–water partition coefficient (Wildman–Crippen LogP) is 3.33. The molecule has 0 aliphatic carbocycles. The minimum atomic E-state index is -0.115. The van der Waals surface area contributed by atoms with Gasteiger partial charge in [-0.2, -0.15) is 0 Å². The predicted molar refractivity (Wildman–Crippen MR) is 97.8 cm³/mol. The number of carbonyl (C=O) groups excluding carboxylic acids is 2. The quantitative estimate of drug-likeness (QED) is 0.910. The Labute approximate surface area is 147 Å². The Morgan fingerprint density at radius 2 is 1.96 bits per heavy atom. The molecule has 1 aliphatic rings. The Kier molecular flexibility index (Phi) is 5.46. The lowest BCUT2D eigenvalue weighted by Crippen LogP contribution is -2.30. The molecule has 3 rings (SSSR count). The Balaban J connectivity index is 1.75. The molecule has 0 aromatic heterocycles. The fourth-order valence-corrected chi connectivity index (χ4v) is 2.92. The van der Waals surface area contributed by atoms with E-state index in [0.717, 1.165) is 12.1 Å². The molecule has 2 amide bonds. The van der Waals surface area contributed by atoms with Gasteiger partial charge in [-0.15, -0.1) is 0 Å². The van der Waals surface area contributed by atoms with Crippen LogP contribution in [0.3, 0.4) is 0 Å². The first-order valence-electron chi connectivity index (χ1n) is 8.54. The summed E-state index contributed by atoms with van der Waals surface area (Å²) in [6.45, 7) is 3.59. The number of benzene rings is 2. The Hall–Kier alpha value is -2.66. The van der Waals surface area contributed by atoms with E-state index >= 15 is 0 Å². The van der Waals surface area contributed by atoms with Crippen LogP contribution in [0, 0.1) is 5.92 Å². The van der Waals surface area contributed by atoms with E-state index in [9.17, 15) is 9.59 Å². The van der Waals surface area contributed by atoms with Gasteiger partial charge in [-0.25, -0.2) is 0 Å². The highest BCUT2D eigenvalue weighted by Crippen LogP contribution is 2.20. The average molecular weight is 338 g/mol. The van der Waals surface area contributed by atoms with Gasteiger partial charge in [0.25, 0.3) is 5.91 Å². The lowest BCUT2D eigenvalue weighted by atomic mass is 10.1. The number of ether oxygens (including phenoxy) is 1. The van der Waals surface area contributed by atoms with E-state index in [1.807, 2.05) is 37.3 Å². The van der Waals surface area contributed by atoms with Crippen molar-refractivity contribution in [2.75, 3.05) is 30.0 Å². The van der Waals surface area contributed by atoms with Crippen molar-refractivity contribution >= 4 is 23.2 Å². The molecule has 1 saturated heterocycles. The molecule has 1 heterocycles. The molecule has 0 spiro atoms. The van der Waals surface area contributed by atoms with Crippen LogP contribution in [0.5, 0.6) is 0 Å². The third kappa shape index (κ3) is 4.06. The standard InChI is InChI=1S/C20H22N2O3/c1-2-22(18-9-4-3-5-10-18)20(24)15-7-6-8-17(13-15)21-19(23)16-11-12-25-14-16/h3-10,13,16H,2,11-12,14H2,1H3,(H,21,23)/t16-/m1/s1. The summed E-state index contributed by atoms with van der Waals surface area (Å²) < 4.78 is 5.25. The number of carbonyl (C=O) groups is 2. The maximum absolute atomic E-state index is 12.9. The molecule has 0 bridgehead atoms. The number of para-hydroxylation sites is 1. The topological polar surface area (TPSA) is 58.6 Å². The average Bonchev–Trinajstić information content (AvgIpc) is 3.18. The van der Waals surface area contributed by atoms with Crippen LogP contribution in [0.2, 0.25) is 0 Å². The van der Waals surface area contributed by atoms with Crippen molar-refractivity contribution in [3.05, 3.63) is 60.2 Å². The summed E-state index contributed by atoms with van der Waals surface area (Å²) in [7, 11) is 0. The molecule has 5 heteroatoms. The lowest BCUT2D eigenvalue weighted by molar-refractivity contribution is -0.119. The van der Waals surface area contributed by atoms with Gasteiger partial charge >= 0.3 is 0 Å². The maximum Gasteiger partial charge on any atom is 0.258 e. The summed E-state index contributed by atoms with van der Waals surface area (Å²) in [4.78, 5) is 26.8. The Morgan fingerprint density at radius 1 is 1.16 bits per heavy atom. The van der Waals surface area contributed by atoms with Crippen molar-refractivity contribution in [3.63, 3.8) is 0 Å². The van der Waals surface area contributed by atoms with E-state index in [4.69, 9.17) is 4.74 Å². The smallest absolute Gasteiger partial charge is 0.258 e. The van der Waals surface area contributed by atoms with Crippen LogP contribution < -0.4 is 10.2 Å². The number of nitrogens with one attached hydrogen (secondary N) is 1. The summed E-state index contributed by atoms with van der Waals surface area (Å²) in [5.74, 6) is -0.262. The fourth-order valence-electron chi connectivity index (χ4n) is 2.92. The summed E-state index contributed by atoms with van der Waals surface area (Å²) in [5.41, 5.74) is 2.03. The van der Waals surface area contributed by atoms with E-state index in [2.05, 4.69) is 5.32 Å². The van der Waals surface area contributed by atoms with Gasteiger partial charge in [0, 0.05) is 30.1 Å². The summed E-state index contributed by atoms with van der Waals surface area (Å²) in [6.07, 6.45) is 0.738. The van der Waals surface area contributed by atoms with Crippen LogP contribution in [-0.4, -0.2) is 31.6 Å². The normalized spacial score (nSPS) is 16.4. The lowest BCUT2D eigenvalue weighted by Gasteiger charge is -2.21. The number of rotatable bonds is 5. The third-order valence-corrected chi connectivity index (χ3v) is 4.31. The summed E-state index contributed by atoms with van der Waals surface area (Å²) in [5, 5.41) is 2.89. The highest BCUT2D eigenvalue weighted by molar-refractivity contribution is 6.07. The molecule has 130 valence electrons. The van der Waals surface area contributed by atoms with Crippen molar-refractivity contribution in [1.82, 2.24) is 0 Å². The van der Waals surface area contributed by atoms with Crippen LogP contribution in [0.15, 0.2) is 54.6 Å². The van der Waals surface area contributed by atoms with Gasteiger partial charge in [-0.05, 0) is 43.7 Å². The van der Waals surface area contributed by atoms with Gasteiger partial charge in [0.1, 0.15) is 0 Å². The largest absolute Gasteiger partial charge is 0.381 e. The molecule has 25 heavy (non-hydrogen) atoms. The van der Waals surface area contributed by atoms with Gasteiger partial charge < -0.3 is 15.0 Å². The van der Waals surface area contributed by atoms with Gasteiger partial charge in [0.15, 0.2) is 0 Å². The van der Waals surface area contributed by atoms with Crippen molar-refractivity contribution in [3.8, 4) is 0 Å². The third-order valence-electron chi connectivity index (χ3n) is 4.31. The second kappa shape index (κ2) is 7.94. The Morgan fingerprint density at radius 3 is 2.64 bits per heavy atom. The fraction of sp³-hybridized carbons (Fsp3) is 0.300. The van der Waals surface area contributed by atoms with Gasteiger partial charge in [0.05, 0.1) is 12.5 Å². The SMILES string of the molecule is CCN(C(=O)c1cccc(NC(=O)[C@@H]2CCOC2)c1)c1ccccc1. The molecule has 1 N–H and O–H groups in total. The second-order valence-electron chi connectivity index (χ2n) is 6.02. The number of anilines is 2. The second-order valence-corrected chi connectivity index (χ2v) is 6.02. The van der Waals surface area contributed by atoms with Crippen LogP contribution in [-0.2, 0) is 9.53 Å². The van der Waals surface area contributed by atoms with Gasteiger partial charge in [0.2, 0.25) is 5.91 Å². The van der Waals surface area contributed by atoms with Crippen molar-refractivity contribution in [2.45, 2.75) is 13.3 Å². The highest BCUT2D eigenvalue weighted by atomic mass is 16.5. The van der Waals surface area contributed by atoms with E-state index < -0.39 is 0 Å². The van der Waals surface area contributed by atoms with E-state index in [-0.39, 0.29) is 17.7 Å². The van der Waals surface area contributed by atoms with Crippen molar-refractivity contribution < 1.29 is 14.3 Å². The molecule has 2 aromatic rings. The van der Waals surface area contributed by atoms with E-state index in [0.29, 0.717) is 31.0 Å². The molecular weight excluding hydrogens is 316 g/mol. The summed E-state index contributed by atoms with van der Waals surface area (Å²) >= 11 is 0. The van der Waals surface area contributed by atoms with E-state index in [1.165, 1.54) is 0 Å². The molecule has 1 aliphatic heterocycles. The van der Waals surface area contributed by atoms with Crippen LogP contribution in [0.4, 0.5) is 11.4 Å². The molecule has 0 radical (unpaired) electrons. The molecule has 0 unspecified atom stereocenters. The zero-order valence-corrected chi connectivity index (χ0v) is 14.3. The number of hydrogen-bond donors (Lipinski definition) is 1. The first-order valence-corrected chi connectivity index (χ1v) is 8.54. The monoisotopic (exact) mass is 338 g/mol. The Bertz CT molecular complexity index is 740. The van der Waals surface area contributed by atoms with Gasteiger partial charge in [-0.1, -0.05) is 24.3 Å². The van der Waals surface area contributed by atoms with E-state index in [1.54, 1.807) is 29.2 Å². The summed E-state index contributed by atoms with van der Waals surface area (Å²) in [6, 6.07) is 16.6. The molecule has 5 nitrogen and oxygen atoms in total. The number of hydrogen-bond acceptors (Lipinski definition) is 3. The zero-order chi connectivity index (χ0) is 17.6. The molecule has 0 saturated carbocycles. The minimum absolute atomic E-state index is 0.0579. The van der Waals surface area contributed by atoms with Gasteiger partial charge in [-0.3, -0.25) is 9.59 Å². The first kappa shape index (κ1) is 17.2. The van der Waals surface area contributed by atoms with Crippen molar-refractivity contribution in [1.29, 1.82) is 0 Å². The molecular formula is C20H22N2O3. The molecule has 2 aromatic carbocycles. The molecule has 1 atom stereocenters. The highest BCUT2D eigenvalue weighted by Gasteiger charge is 2.24. The van der Waals surface area contributed by atoms with Crippen LogP contribution >= 0.6 is 0 Å². The zero-order valence-electron chi connectivity index (χ0n) is 14.3. The van der Waals surface area contributed by atoms with Crippen LogP contribution in [0.25, 0.3) is 0 Å². The minimum Gasteiger partial charge on any atom is -0.381 e. The number of amides is 2. The van der Waals surface area contributed by atoms with Crippen molar-refractivity contribution in [2.24, 2.45) is 5.92 Å².